The summed E-state index contributed by atoms with van der Waals surface area (Å²) in [5, 5.41) is 2.67. The number of nitrogens with zero attached hydrogens (tertiary/aromatic N) is 3. The quantitative estimate of drug-likeness (QED) is 0.412. The van der Waals surface area contributed by atoms with Gasteiger partial charge in [-0.05, 0) is 33.6 Å². The summed E-state index contributed by atoms with van der Waals surface area (Å²) < 4.78 is 0. The molecule has 1 N–H and O–H groups in total. The largest absolute Gasteiger partial charge is 0.355 e. The van der Waals surface area contributed by atoms with Crippen molar-refractivity contribution < 1.29 is 19.2 Å². The second kappa shape index (κ2) is 16.1. The lowest BCUT2D eigenvalue weighted by molar-refractivity contribution is -0.134. The Kier molecular flexibility index (Phi) is 14.7. The molecule has 0 aromatic rings. The zero-order valence-electron chi connectivity index (χ0n) is 21.0. The lowest BCUT2D eigenvalue weighted by atomic mass is 10.1. The molecule has 0 fully saturated rings. The topological polar surface area (TPSA) is 90.0 Å². The Morgan fingerprint density at radius 3 is 1.56 bits per heavy atom. The average molecular weight is 451 g/mol. The van der Waals surface area contributed by atoms with E-state index in [4.69, 9.17) is 0 Å². The number of carbonyl (C=O) groups is 4. The van der Waals surface area contributed by atoms with Gasteiger partial charge in [-0.3, -0.25) is 19.2 Å². The van der Waals surface area contributed by atoms with Crippen molar-refractivity contribution in [3.8, 4) is 0 Å². The first-order valence-corrected chi connectivity index (χ1v) is 11.2. The van der Waals surface area contributed by atoms with Gasteiger partial charge in [0.05, 0.1) is 0 Å². The fourth-order valence-electron chi connectivity index (χ4n) is 3.04. The van der Waals surface area contributed by atoms with Gasteiger partial charge in [0, 0.05) is 73.5 Å². The number of carbonyl (C=O) groups excluding carboxylic acids is 4. The van der Waals surface area contributed by atoms with E-state index in [9.17, 15) is 19.2 Å². The van der Waals surface area contributed by atoms with Crippen LogP contribution >= 0.6 is 0 Å². The molecule has 32 heavy (non-hydrogen) atoms. The summed E-state index contributed by atoms with van der Waals surface area (Å²) in [6.07, 6.45) is 6.20. The average Bonchev–Trinajstić information content (AvgIpc) is 2.67. The molecular formula is C24H42N4O4. The normalized spacial score (nSPS) is 10.9. The summed E-state index contributed by atoms with van der Waals surface area (Å²) >= 11 is 0. The van der Waals surface area contributed by atoms with E-state index in [0.717, 1.165) is 12.8 Å². The predicted molar refractivity (Wildman–Crippen MR) is 128 cm³/mol. The SMILES string of the molecule is CC(=O)NCCN(CCN(CCN(C/C=C(\C)CCC=C(C)C)C(C)=O)C(C)=O)C(C)=O. The molecule has 0 aromatic heterocycles. The number of nitrogens with one attached hydrogen (secondary N) is 1. The van der Waals surface area contributed by atoms with E-state index >= 15 is 0 Å². The molecule has 0 saturated carbocycles. The van der Waals surface area contributed by atoms with Crippen LogP contribution in [0.1, 0.15) is 61.3 Å². The first-order valence-electron chi connectivity index (χ1n) is 11.2. The molecule has 8 nitrogen and oxygen atoms in total. The van der Waals surface area contributed by atoms with Gasteiger partial charge in [-0.15, -0.1) is 0 Å². The van der Waals surface area contributed by atoms with Gasteiger partial charge in [0.1, 0.15) is 0 Å². The second-order valence-electron chi connectivity index (χ2n) is 8.33. The highest BCUT2D eigenvalue weighted by atomic mass is 16.2. The Morgan fingerprint density at radius 1 is 0.656 bits per heavy atom. The van der Waals surface area contributed by atoms with E-state index in [-0.39, 0.29) is 23.6 Å². The van der Waals surface area contributed by atoms with Gasteiger partial charge in [-0.25, -0.2) is 0 Å². The Morgan fingerprint density at radius 2 is 1.12 bits per heavy atom. The van der Waals surface area contributed by atoms with Crippen LogP contribution in [0, 0.1) is 0 Å². The molecule has 0 aromatic carbocycles. The Labute approximate surface area is 193 Å². The first-order chi connectivity index (χ1) is 14.9. The Hall–Kier alpha value is -2.64. The number of allylic oxidation sites excluding steroid dienone is 3. The summed E-state index contributed by atoms with van der Waals surface area (Å²) in [5.74, 6) is -0.405. The number of hydrogen-bond acceptors (Lipinski definition) is 4. The van der Waals surface area contributed by atoms with Gasteiger partial charge in [-0.1, -0.05) is 23.3 Å². The van der Waals surface area contributed by atoms with Crippen LogP contribution in [-0.2, 0) is 19.2 Å². The summed E-state index contributed by atoms with van der Waals surface area (Å²) in [7, 11) is 0. The maximum Gasteiger partial charge on any atom is 0.219 e. The summed E-state index contributed by atoms with van der Waals surface area (Å²) in [5.41, 5.74) is 2.53. The van der Waals surface area contributed by atoms with Crippen molar-refractivity contribution in [1.82, 2.24) is 20.0 Å². The minimum atomic E-state index is -0.149. The molecule has 0 radical (unpaired) electrons. The van der Waals surface area contributed by atoms with Gasteiger partial charge in [0.15, 0.2) is 0 Å². The van der Waals surface area contributed by atoms with Gasteiger partial charge >= 0.3 is 0 Å². The summed E-state index contributed by atoms with van der Waals surface area (Å²) in [4.78, 5) is 52.0. The zero-order chi connectivity index (χ0) is 24.7. The molecule has 182 valence electrons. The van der Waals surface area contributed by atoms with Gasteiger partial charge < -0.3 is 20.0 Å². The van der Waals surface area contributed by atoms with E-state index in [1.54, 1.807) is 14.7 Å². The molecule has 0 saturated heterocycles. The lowest BCUT2D eigenvalue weighted by Crippen LogP contribution is -2.45. The molecule has 0 atom stereocenters. The van der Waals surface area contributed by atoms with E-state index in [2.05, 4.69) is 38.2 Å². The van der Waals surface area contributed by atoms with Crippen LogP contribution in [0.25, 0.3) is 0 Å². The van der Waals surface area contributed by atoms with Crippen molar-refractivity contribution >= 4 is 23.6 Å². The molecule has 0 aliphatic rings. The molecular weight excluding hydrogens is 408 g/mol. The summed E-state index contributed by atoms with van der Waals surface area (Å²) in [6.45, 7) is 15.0. The standard InChI is InChI=1S/C24H42N4O4/c1-19(2)9-8-10-20(3)11-13-26(22(5)30)15-17-28(24(7)32)18-16-27(23(6)31)14-12-25-21(4)29/h9,11H,8,10,12-18H2,1-7H3,(H,25,29)/b20-11+. The van der Waals surface area contributed by atoms with Crippen molar-refractivity contribution in [1.29, 1.82) is 0 Å². The fourth-order valence-corrected chi connectivity index (χ4v) is 3.04. The number of rotatable bonds is 14. The molecule has 4 amide bonds. The highest BCUT2D eigenvalue weighted by Crippen LogP contribution is 2.07. The van der Waals surface area contributed by atoms with Crippen molar-refractivity contribution in [2.75, 3.05) is 45.8 Å². The van der Waals surface area contributed by atoms with Crippen molar-refractivity contribution in [2.45, 2.75) is 61.3 Å². The predicted octanol–water partition coefficient (Wildman–Crippen LogP) is 2.36. The van der Waals surface area contributed by atoms with Gasteiger partial charge in [0.25, 0.3) is 0 Å². The molecule has 0 bridgehead atoms. The molecule has 0 rings (SSSR count). The number of hydrogen-bond donors (Lipinski definition) is 1. The second-order valence-corrected chi connectivity index (χ2v) is 8.33. The fraction of sp³-hybridized carbons (Fsp3) is 0.667. The minimum Gasteiger partial charge on any atom is -0.355 e. The maximum absolute atomic E-state index is 12.1. The van der Waals surface area contributed by atoms with Gasteiger partial charge in [0.2, 0.25) is 23.6 Å². The molecule has 0 aliphatic carbocycles. The Balaban J connectivity index is 4.80. The zero-order valence-corrected chi connectivity index (χ0v) is 21.0. The first kappa shape index (κ1) is 29.4. The molecule has 0 aliphatic heterocycles. The maximum atomic E-state index is 12.1. The highest BCUT2D eigenvalue weighted by molar-refractivity contribution is 5.75. The third kappa shape index (κ3) is 14.4. The van der Waals surface area contributed by atoms with Crippen LogP contribution in [0.2, 0.25) is 0 Å². The number of amides is 4. The van der Waals surface area contributed by atoms with Crippen LogP contribution in [0.4, 0.5) is 0 Å². The Bertz CT molecular complexity index is 696. The van der Waals surface area contributed by atoms with Crippen molar-refractivity contribution in [3.63, 3.8) is 0 Å². The monoisotopic (exact) mass is 450 g/mol. The van der Waals surface area contributed by atoms with Crippen LogP contribution in [0.3, 0.4) is 0 Å². The third-order valence-corrected chi connectivity index (χ3v) is 5.12. The van der Waals surface area contributed by atoms with Crippen molar-refractivity contribution in [3.05, 3.63) is 23.3 Å². The smallest absolute Gasteiger partial charge is 0.219 e. The molecule has 0 unspecified atom stereocenters. The summed E-state index contributed by atoms with van der Waals surface area (Å²) in [6, 6.07) is 0. The van der Waals surface area contributed by atoms with Crippen LogP contribution in [0.15, 0.2) is 23.3 Å². The van der Waals surface area contributed by atoms with E-state index in [0.29, 0.717) is 45.8 Å². The molecule has 0 spiro atoms. The van der Waals surface area contributed by atoms with Crippen LogP contribution in [-0.4, -0.2) is 84.1 Å². The molecule has 8 heteroatoms. The van der Waals surface area contributed by atoms with E-state index in [1.165, 1.54) is 38.8 Å². The van der Waals surface area contributed by atoms with Crippen LogP contribution in [0.5, 0.6) is 0 Å². The van der Waals surface area contributed by atoms with Crippen molar-refractivity contribution in [2.24, 2.45) is 0 Å². The van der Waals surface area contributed by atoms with E-state index < -0.39 is 0 Å². The lowest BCUT2D eigenvalue weighted by Gasteiger charge is -2.29. The van der Waals surface area contributed by atoms with E-state index in [1.807, 2.05) is 0 Å². The third-order valence-electron chi connectivity index (χ3n) is 5.12. The van der Waals surface area contributed by atoms with Gasteiger partial charge in [-0.2, -0.15) is 0 Å². The van der Waals surface area contributed by atoms with Crippen LogP contribution < -0.4 is 5.32 Å². The minimum absolute atomic E-state index is 0.0393. The molecule has 0 heterocycles. The highest BCUT2D eigenvalue weighted by Gasteiger charge is 2.16.